The number of fused-ring (bicyclic) bond motifs is 1. The molecule has 0 amide bonds. The second-order valence-electron chi connectivity index (χ2n) is 7.92. The third-order valence-electron chi connectivity index (χ3n) is 6.46. The Morgan fingerprint density at radius 1 is 1.25 bits per heavy atom. The van der Waals surface area contributed by atoms with Crippen molar-refractivity contribution < 1.29 is 14.3 Å². The van der Waals surface area contributed by atoms with Crippen LogP contribution in [0.15, 0.2) is 11.6 Å². The van der Waals surface area contributed by atoms with Gasteiger partial charge in [-0.15, -0.1) is 0 Å². The average Bonchev–Trinajstić information content (AvgIpc) is 3.07. The fraction of sp³-hybridized carbons (Fsp3) is 0.824. The highest BCUT2D eigenvalue weighted by Crippen LogP contribution is 2.72. The van der Waals surface area contributed by atoms with Crippen molar-refractivity contribution in [3.05, 3.63) is 11.6 Å². The van der Waals surface area contributed by atoms with Gasteiger partial charge in [0.15, 0.2) is 5.79 Å². The van der Waals surface area contributed by atoms with E-state index in [1.165, 1.54) is 24.7 Å². The SMILES string of the molecule is CC1=C[C@]2(C=O)CC[C@H]3OC(C)(C)O[C@@](C)([C@@H]32)C12CC2. The van der Waals surface area contributed by atoms with Crippen molar-refractivity contribution in [3.63, 3.8) is 0 Å². The van der Waals surface area contributed by atoms with E-state index in [1.54, 1.807) is 0 Å². The molecule has 1 aliphatic heterocycles. The Kier molecular flexibility index (Phi) is 2.20. The van der Waals surface area contributed by atoms with Gasteiger partial charge in [-0.05, 0) is 53.4 Å². The van der Waals surface area contributed by atoms with Gasteiger partial charge in [0.05, 0.1) is 17.1 Å². The largest absolute Gasteiger partial charge is 0.347 e. The van der Waals surface area contributed by atoms with Gasteiger partial charge in [0, 0.05) is 11.3 Å². The molecule has 3 heteroatoms. The molecule has 3 nitrogen and oxygen atoms in total. The fourth-order valence-corrected chi connectivity index (χ4v) is 5.69. The van der Waals surface area contributed by atoms with E-state index in [0.717, 1.165) is 12.8 Å². The van der Waals surface area contributed by atoms with Crippen LogP contribution in [0.5, 0.6) is 0 Å². The summed E-state index contributed by atoms with van der Waals surface area (Å²) in [6.45, 7) is 8.46. The van der Waals surface area contributed by atoms with Crippen LogP contribution in [0.25, 0.3) is 0 Å². The minimum atomic E-state index is -0.553. The second-order valence-corrected chi connectivity index (χ2v) is 7.92. The second kappa shape index (κ2) is 3.38. The molecular formula is C17H24O3. The quantitative estimate of drug-likeness (QED) is 0.545. The van der Waals surface area contributed by atoms with Crippen molar-refractivity contribution in [3.8, 4) is 0 Å². The lowest BCUT2D eigenvalue weighted by Crippen LogP contribution is -2.65. The highest BCUT2D eigenvalue weighted by molar-refractivity contribution is 5.67. The van der Waals surface area contributed by atoms with Crippen molar-refractivity contribution in [2.75, 3.05) is 0 Å². The average molecular weight is 276 g/mol. The summed E-state index contributed by atoms with van der Waals surface area (Å²) >= 11 is 0. The highest BCUT2D eigenvalue weighted by atomic mass is 16.7. The van der Waals surface area contributed by atoms with Gasteiger partial charge >= 0.3 is 0 Å². The molecule has 1 heterocycles. The molecule has 4 aliphatic rings. The third kappa shape index (κ3) is 1.27. The molecule has 0 aromatic carbocycles. The number of carbonyl (C=O) groups excluding carboxylic acids is 1. The van der Waals surface area contributed by atoms with Gasteiger partial charge in [-0.25, -0.2) is 0 Å². The first-order chi connectivity index (χ1) is 9.29. The molecule has 0 unspecified atom stereocenters. The summed E-state index contributed by atoms with van der Waals surface area (Å²) in [5.41, 5.74) is 0.874. The van der Waals surface area contributed by atoms with E-state index in [0.29, 0.717) is 0 Å². The Labute approximate surface area is 120 Å². The first kappa shape index (κ1) is 13.0. The Bertz CT molecular complexity index is 516. The van der Waals surface area contributed by atoms with Crippen LogP contribution in [0.2, 0.25) is 0 Å². The zero-order valence-electron chi connectivity index (χ0n) is 12.9. The Morgan fingerprint density at radius 2 is 1.95 bits per heavy atom. The van der Waals surface area contributed by atoms with Crippen molar-refractivity contribution in [2.45, 2.75) is 70.9 Å². The van der Waals surface area contributed by atoms with E-state index >= 15 is 0 Å². The first-order valence-electron chi connectivity index (χ1n) is 7.83. The molecule has 2 saturated carbocycles. The predicted molar refractivity (Wildman–Crippen MR) is 75.1 cm³/mol. The molecule has 4 rings (SSSR count). The molecule has 1 spiro atoms. The van der Waals surface area contributed by atoms with Crippen LogP contribution in [0.3, 0.4) is 0 Å². The summed E-state index contributed by atoms with van der Waals surface area (Å²) < 4.78 is 12.7. The fourth-order valence-electron chi connectivity index (χ4n) is 5.69. The highest BCUT2D eigenvalue weighted by Gasteiger charge is 2.74. The van der Waals surface area contributed by atoms with Gasteiger partial charge in [0.1, 0.15) is 6.29 Å². The standard InChI is InChI=1S/C17H24O3/c1-11-9-16(10-18)6-5-12-13(16)15(4,17(11)7-8-17)20-14(2,3)19-12/h9-10,12-13H,5-8H2,1-4H3/t12-,13-,15+,16+/m1/s1. The van der Waals surface area contributed by atoms with Crippen molar-refractivity contribution >= 4 is 6.29 Å². The normalized spacial score (nSPS) is 50.5. The Balaban J connectivity index is 1.93. The van der Waals surface area contributed by atoms with Crippen LogP contribution in [0.4, 0.5) is 0 Å². The number of aldehydes is 1. The molecule has 3 aliphatic carbocycles. The number of hydrogen-bond donors (Lipinski definition) is 0. The molecular weight excluding hydrogens is 252 g/mol. The van der Waals surface area contributed by atoms with Gasteiger partial charge in [-0.1, -0.05) is 11.6 Å². The van der Waals surface area contributed by atoms with Gasteiger partial charge in [0.25, 0.3) is 0 Å². The summed E-state index contributed by atoms with van der Waals surface area (Å²) in [7, 11) is 0. The molecule has 3 fully saturated rings. The summed E-state index contributed by atoms with van der Waals surface area (Å²) in [6.07, 6.45) is 7.79. The molecule has 0 N–H and O–H groups in total. The molecule has 0 aromatic heterocycles. The number of rotatable bonds is 1. The third-order valence-corrected chi connectivity index (χ3v) is 6.46. The lowest BCUT2D eigenvalue weighted by atomic mass is 9.57. The van der Waals surface area contributed by atoms with E-state index < -0.39 is 5.79 Å². The van der Waals surface area contributed by atoms with E-state index in [-0.39, 0.29) is 28.5 Å². The minimum absolute atomic E-state index is 0.147. The molecule has 0 bridgehead atoms. The molecule has 110 valence electrons. The molecule has 0 aromatic rings. The van der Waals surface area contributed by atoms with Crippen LogP contribution >= 0.6 is 0 Å². The van der Waals surface area contributed by atoms with Crippen molar-refractivity contribution in [2.24, 2.45) is 16.7 Å². The first-order valence-corrected chi connectivity index (χ1v) is 7.83. The smallest absolute Gasteiger partial charge is 0.163 e. The zero-order chi connectivity index (χ0) is 14.4. The van der Waals surface area contributed by atoms with E-state index in [9.17, 15) is 4.79 Å². The minimum Gasteiger partial charge on any atom is -0.347 e. The molecule has 1 saturated heterocycles. The van der Waals surface area contributed by atoms with E-state index in [1.807, 2.05) is 13.8 Å². The van der Waals surface area contributed by atoms with Crippen LogP contribution in [-0.4, -0.2) is 23.8 Å². The summed E-state index contributed by atoms with van der Waals surface area (Å²) in [4.78, 5) is 11.9. The van der Waals surface area contributed by atoms with Crippen molar-refractivity contribution in [1.82, 2.24) is 0 Å². The maximum absolute atomic E-state index is 11.9. The van der Waals surface area contributed by atoms with Crippen LogP contribution < -0.4 is 0 Å². The number of allylic oxidation sites excluding steroid dienone is 1. The zero-order valence-corrected chi connectivity index (χ0v) is 12.9. The Morgan fingerprint density at radius 3 is 2.55 bits per heavy atom. The lowest BCUT2D eigenvalue weighted by Gasteiger charge is -2.59. The van der Waals surface area contributed by atoms with Gasteiger partial charge < -0.3 is 14.3 Å². The van der Waals surface area contributed by atoms with Gasteiger partial charge in [-0.2, -0.15) is 0 Å². The maximum Gasteiger partial charge on any atom is 0.163 e. The summed E-state index contributed by atoms with van der Waals surface area (Å²) in [5.74, 6) is -0.381. The Hall–Kier alpha value is -0.670. The summed E-state index contributed by atoms with van der Waals surface area (Å²) in [6, 6.07) is 0. The summed E-state index contributed by atoms with van der Waals surface area (Å²) in [5, 5.41) is 0. The van der Waals surface area contributed by atoms with Crippen molar-refractivity contribution in [1.29, 1.82) is 0 Å². The number of hydrogen-bond acceptors (Lipinski definition) is 3. The predicted octanol–water partition coefficient (Wildman–Crippen LogP) is 3.23. The van der Waals surface area contributed by atoms with Gasteiger partial charge in [0.2, 0.25) is 0 Å². The van der Waals surface area contributed by atoms with E-state index in [2.05, 4.69) is 19.9 Å². The lowest BCUT2D eigenvalue weighted by molar-refractivity contribution is -0.368. The van der Waals surface area contributed by atoms with Crippen LogP contribution in [0.1, 0.15) is 53.4 Å². The molecule has 20 heavy (non-hydrogen) atoms. The van der Waals surface area contributed by atoms with Crippen LogP contribution in [-0.2, 0) is 14.3 Å². The number of ether oxygens (including phenoxy) is 2. The monoisotopic (exact) mass is 276 g/mol. The van der Waals surface area contributed by atoms with Gasteiger partial charge in [-0.3, -0.25) is 0 Å². The van der Waals surface area contributed by atoms with Crippen LogP contribution in [0, 0.1) is 16.7 Å². The van der Waals surface area contributed by atoms with E-state index in [4.69, 9.17) is 9.47 Å². The molecule has 4 atom stereocenters. The molecule has 0 radical (unpaired) electrons. The topological polar surface area (TPSA) is 35.5 Å². The maximum atomic E-state index is 11.9. The number of carbonyl (C=O) groups is 1.